The van der Waals surface area contributed by atoms with Crippen molar-refractivity contribution in [2.75, 3.05) is 19.8 Å². The molecule has 0 aromatic carbocycles. The lowest BCUT2D eigenvalue weighted by molar-refractivity contribution is 0.0805. The van der Waals surface area contributed by atoms with Gasteiger partial charge >= 0.3 is 0 Å². The maximum atomic E-state index is 6.12. The van der Waals surface area contributed by atoms with Gasteiger partial charge < -0.3 is 14.8 Å². The van der Waals surface area contributed by atoms with Crippen LogP contribution in [0.5, 0.6) is 5.88 Å². The van der Waals surface area contributed by atoms with E-state index in [-0.39, 0.29) is 0 Å². The van der Waals surface area contributed by atoms with Crippen LogP contribution in [-0.4, -0.2) is 30.8 Å². The van der Waals surface area contributed by atoms with Gasteiger partial charge in [-0.3, -0.25) is 0 Å². The summed E-state index contributed by atoms with van der Waals surface area (Å²) in [6, 6.07) is 3.99. The van der Waals surface area contributed by atoms with Gasteiger partial charge in [-0.1, -0.05) is 39.3 Å². The molecule has 5 heteroatoms. The number of hydrogen-bond acceptors (Lipinski definition) is 4. The number of aromatic nitrogens is 1. The smallest absolute Gasteiger partial charge is 0.213 e. The Morgan fingerprint density at radius 1 is 1.20 bits per heavy atom. The van der Waals surface area contributed by atoms with Crippen molar-refractivity contribution < 1.29 is 9.47 Å². The zero-order chi connectivity index (χ0) is 15.0. The topological polar surface area (TPSA) is 43.4 Å². The van der Waals surface area contributed by atoms with Gasteiger partial charge in [0.15, 0.2) is 0 Å². The van der Waals surface area contributed by atoms with Crippen molar-refractivity contribution in [3.63, 3.8) is 0 Å². The molecule has 0 saturated heterocycles. The molecule has 1 aromatic heterocycles. The number of nitrogens with zero attached hydrogens (tertiary/aromatic N) is 1. The van der Waals surface area contributed by atoms with E-state index in [1.807, 2.05) is 6.07 Å². The molecule has 20 heavy (non-hydrogen) atoms. The van der Waals surface area contributed by atoms with Crippen LogP contribution in [0.2, 0.25) is 5.02 Å². The summed E-state index contributed by atoms with van der Waals surface area (Å²) in [6.45, 7) is 10.9. The first-order valence-corrected chi connectivity index (χ1v) is 7.46. The van der Waals surface area contributed by atoms with Crippen molar-refractivity contribution in [3.05, 3.63) is 22.8 Å². The van der Waals surface area contributed by atoms with Crippen LogP contribution in [-0.2, 0) is 11.3 Å². The van der Waals surface area contributed by atoms with Crippen LogP contribution in [0.25, 0.3) is 0 Å². The fourth-order valence-electron chi connectivity index (χ4n) is 1.49. The highest BCUT2D eigenvalue weighted by atomic mass is 35.5. The quantitative estimate of drug-likeness (QED) is 0.711. The minimum absolute atomic E-state index is 0.391. The molecule has 0 bridgehead atoms. The van der Waals surface area contributed by atoms with Gasteiger partial charge in [0.25, 0.3) is 0 Å². The molecule has 1 N–H and O–H groups in total. The van der Waals surface area contributed by atoms with Crippen LogP contribution in [0.4, 0.5) is 0 Å². The third kappa shape index (κ3) is 7.08. The van der Waals surface area contributed by atoms with Gasteiger partial charge in [-0.25, -0.2) is 4.98 Å². The van der Waals surface area contributed by atoms with E-state index in [2.05, 4.69) is 38.0 Å². The predicted molar refractivity (Wildman–Crippen MR) is 82.4 cm³/mol. The van der Waals surface area contributed by atoms with Crippen LogP contribution < -0.4 is 10.1 Å². The first-order valence-electron chi connectivity index (χ1n) is 7.08. The van der Waals surface area contributed by atoms with E-state index in [1.165, 1.54) is 0 Å². The van der Waals surface area contributed by atoms with Gasteiger partial charge in [0.1, 0.15) is 6.61 Å². The Hall–Kier alpha value is -0.840. The minimum atomic E-state index is 0.391. The average molecular weight is 301 g/mol. The summed E-state index contributed by atoms with van der Waals surface area (Å²) in [7, 11) is 0. The summed E-state index contributed by atoms with van der Waals surface area (Å²) >= 11 is 6.12. The Labute approximate surface area is 126 Å². The summed E-state index contributed by atoms with van der Waals surface area (Å²) in [4.78, 5) is 4.40. The normalized spacial score (nSPS) is 11.3. The molecule has 0 aliphatic carbocycles. The molecule has 0 aliphatic heterocycles. The first kappa shape index (κ1) is 17.2. The molecular weight excluding hydrogens is 276 g/mol. The minimum Gasteiger partial charge on any atom is -0.475 e. The van der Waals surface area contributed by atoms with Crippen molar-refractivity contribution in [3.8, 4) is 5.88 Å². The number of rotatable bonds is 9. The van der Waals surface area contributed by atoms with Crippen LogP contribution in [0.15, 0.2) is 12.1 Å². The molecule has 4 nitrogen and oxygen atoms in total. The number of ether oxygens (including phenoxy) is 2. The maximum absolute atomic E-state index is 6.12. The standard InChI is InChI=1S/C15H25ClN2O2/c1-11(2)10-19-7-8-20-15-6-5-13(16)14(18-15)9-17-12(3)4/h5-6,11-12,17H,7-10H2,1-4H3. The molecule has 0 fully saturated rings. The second-order valence-corrected chi connectivity index (χ2v) is 5.84. The maximum Gasteiger partial charge on any atom is 0.213 e. The lowest BCUT2D eigenvalue weighted by Crippen LogP contribution is -2.22. The van der Waals surface area contributed by atoms with Gasteiger partial charge in [0.2, 0.25) is 5.88 Å². The highest BCUT2D eigenvalue weighted by Gasteiger charge is 2.06. The molecule has 114 valence electrons. The van der Waals surface area contributed by atoms with Crippen molar-refractivity contribution in [2.24, 2.45) is 5.92 Å². The Bertz CT molecular complexity index is 397. The third-order valence-corrected chi connectivity index (χ3v) is 2.84. The van der Waals surface area contributed by atoms with Crippen molar-refractivity contribution in [1.29, 1.82) is 0 Å². The van der Waals surface area contributed by atoms with Crippen molar-refractivity contribution in [1.82, 2.24) is 10.3 Å². The molecule has 1 aromatic rings. The highest BCUT2D eigenvalue weighted by molar-refractivity contribution is 6.31. The lowest BCUT2D eigenvalue weighted by Gasteiger charge is -2.11. The van der Waals surface area contributed by atoms with Gasteiger partial charge in [-0.15, -0.1) is 0 Å². The molecule has 0 amide bonds. The summed E-state index contributed by atoms with van der Waals surface area (Å²) in [5, 5.41) is 3.95. The first-order chi connectivity index (χ1) is 9.49. The fraction of sp³-hybridized carbons (Fsp3) is 0.667. The zero-order valence-corrected chi connectivity index (χ0v) is 13.5. The van der Waals surface area contributed by atoms with Gasteiger partial charge in [-0.05, 0) is 12.0 Å². The molecule has 0 unspecified atom stereocenters. The van der Waals surface area contributed by atoms with E-state index in [4.69, 9.17) is 21.1 Å². The monoisotopic (exact) mass is 300 g/mol. The van der Waals surface area contributed by atoms with E-state index < -0.39 is 0 Å². The summed E-state index contributed by atoms with van der Waals surface area (Å²) in [6.07, 6.45) is 0. The Kier molecular flexibility index (Phi) is 7.88. The molecule has 0 spiro atoms. The van der Waals surface area contributed by atoms with Gasteiger partial charge in [0, 0.05) is 25.3 Å². The largest absolute Gasteiger partial charge is 0.475 e. The zero-order valence-electron chi connectivity index (χ0n) is 12.8. The SMILES string of the molecule is CC(C)COCCOc1ccc(Cl)c(CNC(C)C)n1. The van der Waals surface area contributed by atoms with Crippen LogP contribution >= 0.6 is 11.6 Å². The fourth-order valence-corrected chi connectivity index (χ4v) is 1.67. The molecule has 0 atom stereocenters. The third-order valence-electron chi connectivity index (χ3n) is 2.50. The molecular formula is C15H25ClN2O2. The summed E-state index contributed by atoms with van der Waals surface area (Å²) in [5.41, 5.74) is 0.806. The van der Waals surface area contributed by atoms with Crippen LogP contribution in [0, 0.1) is 5.92 Å². The summed E-state index contributed by atoms with van der Waals surface area (Å²) < 4.78 is 11.0. The predicted octanol–water partition coefficient (Wildman–Crippen LogP) is 3.28. The molecule has 0 saturated carbocycles. The van der Waals surface area contributed by atoms with Gasteiger partial charge in [-0.2, -0.15) is 0 Å². The Balaban J connectivity index is 2.40. The van der Waals surface area contributed by atoms with E-state index in [1.54, 1.807) is 6.07 Å². The second-order valence-electron chi connectivity index (χ2n) is 5.43. The van der Waals surface area contributed by atoms with Crippen molar-refractivity contribution >= 4 is 11.6 Å². The lowest BCUT2D eigenvalue weighted by atomic mass is 10.2. The number of nitrogens with one attached hydrogen (secondary N) is 1. The molecule has 1 rings (SSSR count). The number of hydrogen-bond donors (Lipinski definition) is 1. The molecule has 0 radical (unpaired) electrons. The van der Waals surface area contributed by atoms with Crippen LogP contribution in [0.3, 0.4) is 0 Å². The average Bonchev–Trinajstić information content (AvgIpc) is 2.38. The van der Waals surface area contributed by atoms with E-state index in [9.17, 15) is 0 Å². The van der Waals surface area contributed by atoms with E-state index >= 15 is 0 Å². The Morgan fingerprint density at radius 3 is 2.60 bits per heavy atom. The second kappa shape index (κ2) is 9.16. The molecule has 0 aliphatic rings. The molecule has 1 heterocycles. The Morgan fingerprint density at radius 2 is 1.95 bits per heavy atom. The number of pyridine rings is 1. The van der Waals surface area contributed by atoms with E-state index in [0.717, 1.165) is 12.3 Å². The number of halogens is 1. The highest BCUT2D eigenvalue weighted by Crippen LogP contribution is 2.18. The van der Waals surface area contributed by atoms with Gasteiger partial charge in [0.05, 0.1) is 17.3 Å². The van der Waals surface area contributed by atoms with Crippen molar-refractivity contribution in [2.45, 2.75) is 40.3 Å². The van der Waals surface area contributed by atoms with E-state index in [0.29, 0.717) is 42.6 Å². The van der Waals surface area contributed by atoms with Crippen LogP contribution in [0.1, 0.15) is 33.4 Å². The summed E-state index contributed by atoms with van der Waals surface area (Å²) in [5.74, 6) is 1.13.